The van der Waals surface area contributed by atoms with Gasteiger partial charge in [0.1, 0.15) is 12.0 Å². The van der Waals surface area contributed by atoms with Gasteiger partial charge in [-0.1, -0.05) is 36.1 Å². The van der Waals surface area contributed by atoms with Crippen molar-refractivity contribution >= 4 is 52.3 Å². The van der Waals surface area contributed by atoms with Crippen LogP contribution >= 0.6 is 24.4 Å². The number of allylic oxidation sites excluding steroid dienone is 2. The fraction of sp³-hybridized carbons (Fsp3) is 0.211. The SMILES string of the molecule is CCNC(=S)N/N=C\C(=N\NC(=S)NCC)C1=COC(c2ccccc2)=C=C1. The first-order valence-corrected chi connectivity index (χ1v) is 9.53. The normalized spacial score (nSPS) is 13.3. The Morgan fingerprint density at radius 2 is 1.75 bits per heavy atom. The minimum Gasteiger partial charge on any atom is -0.455 e. The Kier molecular flexibility index (Phi) is 8.87. The van der Waals surface area contributed by atoms with E-state index in [2.05, 4.69) is 37.4 Å². The lowest BCUT2D eigenvalue weighted by Gasteiger charge is -2.11. The maximum absolute atomic E-state index is 5.71. The summed E-state index contributed by atoms with van der Waals surface area (Å²) in [6.07, 6.45) is 4.88. The van der Waals surface area contributed by atoms with E-state index in [1.807, 2.05) is 44.2 Å². The molecule has 1 aliphatic heterocycles. The van der Waals surface area contributed by atoms with Crippen molar-refractivity contribution in [2.45, 2.75) is 13.8 Å². The van der Waals surface area contributed by atoms with E-state index < -0.39 is 0 Å². The molecular weight excluding hydrogens is 392 g/mol. The standard InChI is InChI=1S/C19H22N6OS2/c1-3-20-18(27)24-22-12-16(23-25-19(28)21-4-2)15-10-11-17(26-13-15)14-8-6-5-7-9-14/h5-10,12-13H,3-4H2,1-2H3,(H2,20,24,27)(H2,21,25,28)/b22-12-,23-16-. The zero-order valence-corrected chi connectivity index (χ0v) is 17.3. The van der Waals surface area contributed by atoms with Gasteiger partial charge in [0.25, 0.3) is 0 Å². The molecule has 0 radical (unpaired) electrons. The number of rotatable bonds is 7. The van der Waals surface area contributed by atoms with Crippen LogP contribution in [0.5, 0.6) is 0 Å². The van der Waals surface area contributed by atoms with Crippen LogP contribution in [0, 0.1) is 0 Å². The van der Waals surface area contributed by atoms with Crippen LogP contribution in [-0.2, 0) is 4.74 Å². The molecule has 146 valence electrons. The van der Waals surface area contributed by atoms with Crippen LogP contribution in [0.3, 0.4) is 0 Å². The maximum atomic E-state index is 5.71. The number of nitrogens with zero attached hydrogens (tertiary/aromatic N) is 2. The topological polar surface area (TPSA) is 82.1 Å². The smallest absolute Gasteiger partial charge is 0.186 e. The average molecular weight is 415 g/mol. The van der Waals surface area contributed by atoms with E-state index in [9.17, 15) is 0 Å². The van der Waals surface area contributed by atoms with Gasteiger partial charge in [0.05, 0.1) is 6.21 Å². The van der Waals surface area contributed by atoms with E-state index in [-0.39, 0.29) is 0 Å². The summed E-state index contributed by atoms with van der Waals surface area (Å²) in [5.41, 5.74) is 10.7. The molecule has 0 fully saturated rings. The van der Waals surface area contributed by atoms with Crippen LogP contribution in [-0.4, -0.2) is 35.2 Å². The zero-order chi connectivity index (χ0) is 20.2. The van der Waals surface area contributed by atoms with Gasteiger partial charge in [-0.25, -0.2) is 0 Å². The largest absolute Gasteiger partial charge is 0.455 e. The molecule has 1 heterocycles. The highest BCUT2D eigenvalue weighted by Gasteiger charge is 2.10. The Bertz CT molecular complexity index is 854. The molecule has 7 nitrogen and oxygen atoms in total. The van der Waals surface area contributed by atoms with Crippen molar-refractivity contribution in [3.05, 3.63) is 59.5 Å². The molecule has 0 spiro atoms. The summed E-state index contributed by atoms with van der Waals surface area (Å²) in [6, 6.07) is 9.73. The first-order chi connectivity index (χ1) is 13.6. The molecule has 0 saturated carbocycles. The molecule has 0 bridgehead atoms. The van der Waals surface area contributed by atoms with Gasteiger partial charge in [-0.3, -0.25) is 10.9 Å². The first kappa shape index (κ1) is 21.3. The van der Waals surface area contributed by atoms with Crippen molar-refractivity contribution in [1.82, 2.24) is 21.5 Å². The van der Waals surface area contributed by atoms with Crippen LogP contribution in [0.15, 0.2) is 64.2 Å². The third-order valence-electron chi connectivity index (χ3n) is 3.30. The van der Waals surface area contributed by atoms with Gasteiger partial charge in [0.15, 0.2) is 16.0 Å². The van der Waals surface area contributed by atoms with Crippen LogP contribution in [0.25, 0.3) is 5.76 Å². The maximum Gasteiger partial charge on any atom is 0.186 e. The molecular formula is C19H22N6OS2. The predicted octanol–water partition coefficient (Wildman–Crippen LogP) is 2.41. The second-order valence-corrected chi connectivity index (χ2v) is 6.19. The van der Waals surface area contributed by atoms with Crippen LogP contribution in [0.1, 0.15) is 19.4 Å². The highest BCUT2D eigenvalue weighted by molar-refractivity contribution is 7.80. The number of thiocarbonyl (C=S) groups is 2. The van der Waals surface area contributed by atoms with E-state index in [0.29, 0.717) is 40.4 Å². The summed E-state index contributed by atoms with van der Waals surface area (Å²) < 4.78 is 5.71. The van der Waals surface area contributed by atoms with Gasteiger partial charge in [-0.15, -0.1) is 0 Å². The number of ether oxygens (including phenoxy) is 1. The molecule has 0 unspecified atom stereocenters. The number of hydrogen-bond acceptors (Lipinski definition) is 5. The van der Waals surface area contributed by atoms with E-state index in [4.69, 9.17) is 29.2 Å². The molecule has 4 N–H and O–H groups in total. The molecule has 1 aromatic rings. The lowest BCUT2D eigenvalue weighted by molar-refractivity contribution is 0.433. The van der Waals surface area contributed by atoms with Crippen LogP contribution < -0.4 is 21.5 Å². The second kappa shape index (κ2) is 11.7. The quantitative estimate of drug-likeness (QED) is 0.236. The Morgan fingerprint density at radius 1 is 1.07 bits per heavy atom. The highest BCUT2D eigenvalue weighted by atomic mass is 32.1. The van der Waals surface area contributed by atoms with Gasteiger partial charge >= 0.3 is 0 Å². The van der Waals surface area contributed by atoms with Crippen LogP contribution in [0.2, 0.25) is 0 Å². The molecule has 9 heteroatoms. The molecule has 1 aromatic carbocycles. The molecule has 0 atom stereocenters. The van der Waals surface area contributed by atoms with Crippen molar-refractivity contribution in [3.8, 4) is 0 Å². The lowest BCUT2D eigenvalue weighted by Crippen LogP contribution is -2.33. The molecule has 2 rings (SSSR count). The summed E-state index contributed by atoms with van der Waals surface area (Å²) in [6.45, 7) is 5.29. The molecule has 0 saturated heterocycles. The number of hydrazone groups is 2. The Morgan fingerprint density at radius 3 is 2.36 bits per heavy atom. The van der Waals surface area contributed by atoms with E-state index >= 15 is 0 Å². The van der Waals surface area contributed by atoms with E-state index in [1.165, 1.54) is 6.21 Å². The van der Waals surface area contributed by atoms with Gasteiger partial charge in [0, 0.05) is 24.2 Å². The Balaban J connectivity index is 2.18. The number of hydrogen-bond donors (Lipinski definition) is 4. The van der Waals surface area contributed by atoms with Crippen molar-refractivity contribution in [2.24, 2.45) is 10.2 Å². The van der Waals surface area contributed by atoms with Crippen molar-refractivity contribution < 1.29 is 4.74 Å². The first-order valence-electron chi connectivity index (χ1n) is 8.71. The van der Waals surface area contributed by atoms with Gasteiger partial charge < -0.3 is 15.4 Å². The molecule has 1 aliphatic rings. The van der Waals surface area contributed by atoms with Gasteiger partial charge in [-0.05, 0) is 44.4 Å². The monoisotopic (exact) mass is 414 g/mol. The summed E-state index contributed by atoms with van der Waals surface area (Å²) in [4.78, 5) is 0. The van der Waals surface area contributed by atoms with Gasteiger partial charge in [-0.2, -0.15) is 10.2 Å². The molecule has 0 aliphatic carbocycles. The van der Waals surface area contributed by atoms with Crippen molar-refractivity contribution in [2.75, 3.05) is 13.1 Å². The number of benzene rings is 1. The van der Waals surface area contributed by atoms with Gasteiger partial charge in [0.2, 0.25) is 0 Å². The third kappa shape index (κ3) is 6.96. The molecule has 28 heavy (non-hydrogen) atoms. The minimum absolute atomic E-state index is 0.409. The zero-order valence-electron chi connectivity index (χ0n) is 15.7. The lowest BCUT2D eigenvalue weighted by atomic mass is 10.1. The Hall–Kier alpha value is -3.00. The fourth-order valence-electron chi connectivity index (χ4n) is 2.04. The summed E-state index contributed by atoms with van der Waals surface area (Å²) in [7, 11) is 0. The summed E-state index contributed by atoms with van der Waals surface area (Å²) in [5, 5.41) is 15.1. The average Bonchev–Trinajstić information content (AvgIpc) is 2.72. The second-order valence-electron chi connectivity index (χ2n) is 5.37. The predicted molar refractivity (Wildman–Crippen MR) is 122 cm³/mol. The minimum atomic E-state index is 0.409. The van der Waals surface area contributed by atoms with E-state index in [0.717, 1.165) is 5.56 Å². The van der Waals surface area contributed by atoms with Crippen molar-refractivity contribution in [3.63, 3.8) is 0 Å². The summed E-state index contributed by atoms with van der Waals surface area (Å²) >= 11 is 10.2. The molecule has 0 amide bonds. The van der Waals surface area contributed by atoms with Crippen molar-refractivity contribution in [1.29, 1.82) is 0 Å². The number of nitrogens with one attached hydrogen (secondary N) is 4. The highest BCUT2D eigenvalue weighted by Crippen LogP contribution is 2.19. The summed E-state index contributed by atoms with van der Waals surface area (Å²) in [5.74, 6) is 0.628. The Labute approximate surface area is 175 Å². The third-order valence-corrected chi connectivity index (χ3v) is 3.77. The molecule has 0 aromatic heterocycles. The van der Waals surface area contributed by atoms with Crippen LogP contribution in [0.4, 0.5) is 0 Å². The fourth-order valence-corrected chi connectivity index (χ4v) is 2.43. The van der Waals surface area contributed by atoms with E-state index in [1.54, 1.807) is 12.3 Å².